The summed E-state index contributed by atoms with van der Waals surface area (Å²) in [7, 11) is 0. The van der Waals surface area contributed by atoms with Crippen LogP contribution in [-0.2, 0) is 112 Å². The summed E-state index contributed by atoms with van der Waals surface area (Å²) >= 11 is 0. The van der Waals surface area contributed by atoms with Crippen LogP contribution in [0.3, 0.4) is 0 Å². The smallest absolute Gasteiger partial charge is 0.155 e. The first-order valence-corrected chi connectivity index (χ1v) is 36.3. The summed E-state index contributed by atoms with van der Waals surface area (Å²) in [6.45, 7) is 35.0. The Morgan fingerprint density at radius 3 is 1.27 bits per heavy atom. The number of allylic oxidation sites excluding steroid dienone is 8. The molecule has 0 aliphatic carbocycles. The Morgan fingerprint density at radius 2 is 0.841 bits per heavy atom. The minimum absolute atomic E-state index is 0. The van der Waals surface area contributed by atoms with Crippen molar-refractivity contribution in [1.29, 1.82) is 0 Å². The van der Waals surface area contributed by atoms with Gasteiger partial charge in [-0.15, -0.1) is 141 Å². The number of aryl methyl sites for hydroxylation is 9. The number of hydrogen-bond acceptors (Lipinski definition) is 12. The summed E-state index contributed by atoms with van der Waals surface area (Å²) in [4.78, 5) is 58.9. The average molecular weight is 2220 g/mol. The summed E-state index contributed by atoms with van der Waals surface area (Å²) < 4.78 is 0. The van der Waals surface area contributed by atoms with Crippen LogP contribution in [0.25, 0.3) is 88.9 Å². The van der Waals surface area contributed by atoms with Gasteiger partial charge in [-0.05, 0) is 179 Å². The van der Waals surface area contributed by atoms with Gasteiger partial charge in [-0.3, -0.25) is 34.1 Å². The van der Waals surface area contributed by atoms with Crippen LogP contribution in [0.4, 0.5) is 0 Å². The van der Waals surface area contributed by atoms with Crippen molar-refractivity contribution in [2.75, 3.05) is 0 Å². The van der Waals surface area contributed by atoms with Gasteiger partial charge in [0.05, 0.1) is 39.6 Å². The van der Waals surface area contributed by atoms with Gasteiger partial charge >= 0.3 is 0 Å². The van der Waals surface area contributed by atoms with E-state index in [1.165, 1.54) is 151 Å². The number of nitrogens with zero attached hydrogens (tertiary/aromatic N) is 4. The minimum atomic E-state index is -0.125. The van der Waals surface area contributed by atoms with Crippen LogP contribution in [0.1, 0.15) is 138 Å². The van der Waals surface area contributed by atoms with Gasteiger partial charge in [0.15, 0.2) is 23.1 Å². The number of aliphatic hydroxyl groups is 4. The fourth-order valence-electron chi connectivity index (χ4n) is 11.4. The van der Waals surface area contributed by atoms with Crippen molar-refractivity contribution in [2.24, 2.45) is 5.92 Å². The van der Waals surface area contributed by atoms with Crippen molar-refractivity contribution in [1.82, 2.24) is 19.9 Å². The molecule has 4 aromatic heterocycles. The van der Waals surface area contributed by atoms with Crippen molar-refractivity contribution in [3.8, 4) is 56.2 Å². The largest absolute Gasteiger partial charge is 0.512 e. The normalized spacial score (nSPS) is 10.7. The Kier molecular flexibility index (Phi) is 46.8. The van der Waals surface area contributed by atoms with Gasteiger partial charge in [-0.2, -0.15) is 0 Å². The van der Waals surface area contributed by atoms with Crippen LogP contribution in [-0.4, -0.2) is 63.5 Å². The van der Waals surface area contributed by atoms with Gasteiger partial charge in [0.2, 0.25) is 0 Å². The van der Waals surface area contributed by atoms with E-state index in [0.29, 0.717) is 5.92 Å². The van der Waals surface area contributed by atoms with Gasteiger partial charge in [0.25, 0.3) is 0 Å². The van der Waals surface area contributed by atoms with Crippen LogP contribution in [0.5, 0.6) is 0 Å². The molecule has 113 heavy (non-hydrogen) atoms. The Balaban J connectivity index is 0.000000671. The molecule has 8 aromatic carbocycles. The molecule has 0 amide bonds. The molecule has 0 fully saturated rings. The fourth-order valence-corrected chi connectivity index (χ4v) is 11.4. The zero-order chi connectivity index (χ0) is 80.4. The van der Waals surface area contributed by atoms with E-state index in [2.05, 4.69) is 250 Å². The zero-order valence-corrected chi connectivity index (χ0v) is 77.6. The molecule has 4 N–H and O–H groups in total. The van der Waals surface area contributed by atoms with E-state index in [0.717, 1.165) is 92.0 Å². The van der Waals surface area contributed by atoms with E-state index in [9.17, 15) is 19.2 Å². The van der Waals surface area contributed by atoms with E-state index in [4.69, 9.17) is 30.4 Å². The number of para-hydroxylation sites is 1. The Bertz CT molecular complexity index is 5050. The predicted octanol–water partition coefficient (Wildman–Crippen LogP) is 24.1. The van der Waals surface area contributed by atoms with Crippen molar-refractivity contribution >= 4 is 55.8 Å². The number of benzene rings is 8. The topological polar surface area (TPSA) is 201 Å². The van der Waals surface area contributed by atoms with Crippen molar-refractivity contribution in [3.63, 3.8) is 0 Å². The molecule has 12 aromatic rings. The Morgan fingerprint density at radius 1 is 0.398 bits per heavy atom. The fraction of sp³-hybridized carbons (Fsp3) is 0.237. The third-order valence-electron chi connectivity index (χ3n) is 15.9. The first-order valence-electron chi connectivity index (χ1n) is 36.3. The van der Waals surface area contributed by atoms with Crippen molar-refractivity contribution < 1.29 is 120 Å². The maximum atomic E-state index is 10.0. The summed E-state index contributed by atoms with van der Waals surface area (Å²) in [5, 5.41) is 37.0. The third-order valence-corrected chi connectivity index (χ3v) is 15.9. The molecule has 0 atom stereocenters. The van der Waals surface area contributed by atoms with E-state index >= 15 is 0 Å². The average Bonchev–Trinajstić information content (AvgIpc) is 0.835. The Labute approximate surface area is 724 Å². The molecule has 0 unspecified atom stereocenters. The van der Waals surface area contributed by atoms with E-state index in [1.54, 1.807) is 0 Å². The van der Waals surface area contributed by atoms with Crippen LogP contribution < -0.4 is 0 Å². The predicted molar refractivity (Wildman–Crippen MR) is 451 cm³/mol. The molecule has 12 rings (SSSR count). The quantitative estimate of drug-likeness (QED) is 0.0484. The van der Waals surface area contributed by atoms with E-state index < -0.39 is 0 Å². The van der Waals surface area contributed by atoms with E-state index in [-0.39, 0.29) is 127 Å². The van der Waals surface area contributed by atoms with Gasteiger partial charge in [0.1, 0.15) is 0 Å². The minimum Gasteiger partial charge on any atom is -0.512 e. The number of fused-ring (bicyclic) bond motifs is 3. The van der Waals surface area contributed by atoms with Crippen molar-refractivity contribution in [3.05, 3.63) is 321 Å². The van der Waals surface area contributed by atoms with Crippen LogP contribution in [0.15, 0.2) is 242 Å². The number of rotatable bonds is 13. The van der Waals surface area contributed by atoms with Crippen molar-refractivity contribution in [2.45, 2.75) is 151 Å². The zero-order valence-electron chi connectivity index (χ0n) is 68.0. The molecule has 0 aliphatic heterocycles. The maximum absolute atomic E-state index is 10.0. The van der Waals surface area contributed by atoms with Crippen LogP contribution in [0.2, 0.25) is 0 Å². The van der Waals surface area contributed by atoms with Gasteiger partial charge in [-0.1, -0.05) is 177 Å². The molecule has 600 valence electrons. The second-order valence-corrected chi connectivity index (χ2v) is 27.5. The second-order valence-electron chi connectivity index (χ2n) is 27.5. The number of carbonyl (C=O) groups is 4. The summed E-state index contributed by atoms with van der Waals surface area (Å²) in [5.41, 5.74) is 26.5. The molecule has 16 heteroatoms. The summed E-state index contributed by atoms with van der Waals surface area (Å²) in [6.07, 6.45) is 9.90. The molecule has 0 saturated heterocycles. The number of aromatic nitrogens is 4. The summed E-state index contributed by atoms with van der Waals surface area (Å²) in [6, 6.07) is 78.8. The van der Waals surface area contributed by atoms with Gasteiger partial charge in [0, 0.05) is 111 Å². The molecule has 4 radical (unpaired) electrons. The molecule has 0 saturated carbocycles. The standard InChI is InChI=1S/C21H22N.C20H20N.C19H16N.C17H14N.4C5H8O2.4Ir/c1-14(2)9-17-5-6-18-7-8-20(22-21(18)13-17)19-11-15(3)10-16(4)12-19;1-4-5-16-6-7-17-8-9-19(21-20(17)13-16)18-11-14(2)10-15(3)12-18;1-14-8-9-18(15(2)12-14)17-10-11-20-19(13-17)16-6-4-3-5-7-16;1-12-7-8-15(11-13(12)2)17-10-9-14-5-3-4-6-16(14)18-17;4*1-4(6)3-5(2)7;;;;/h5-8,10-11,13-14H,9H2,1-4H3;6-11,13H,4-5H2,1-3H3;3-6,8-13H,1-2H3;3-7,9-11H,1-2H3;4*3,6H,1-2H3;;;;/q4*-1;;;;;;;;. The number of ketones is 4. The van der Waals surface area contributed by atoms with Crippen LogP contribution in [0, 0.1) is 85.6 Å². The molecular weight excluding hydrogens is 2120 g/mol. The number of carbonyl (C=O) groups excluding carboxylic acids is 4. The first-order chi connectivity index (χ1) is 51.6. The molecule has 12 nitrogen and oxygen atoms in total. The summed E-state index contributed by atoms with van der Waals surface area (Å²) in [5.74, 6) is 0.411. The van der Waals surface area contributed by atoms with Gasteiger partial charge in [-0.25, -0.2) is 0 Å². The number of hydrogen-bond donors (Lipinski definition) is 4. The molecule has 0 bridgehead atoms. The van der Waals surface area contributed by atoms with E-state index in [1.807, 2.05) is 54.7 Å². The molecule has 0 spiro atoms. The number of aliphatic hydroxyl groups excluding tert-OH is 4. The second kappa shape index (κ2) is 52.1. The third kappa shape index (κ3) is 37.8. The number of pyridine rings is 4. The first kappa shape index (κ1) is 102. The Hall–Kier alpha value is -9.42. The van der Waals surface area contributed by atoms with Gasteiger partial charge < -0.3 is 25.4 Å². The monoisotopic (exact) mass is 2220 g/mol. The SMILES string of the molecule is CC(=O)C=C(C)O.CC(=O)C=C(C)O.CC(=O)C=C(C)O.CC(=O)C=C(C)O.CCCc1ccc2ccc(-c3[c-]c(C)cc(C)c3)nc2c1.Cc1[c-]c(-c2ccc3ccc(CC(C)C)cc3n2)cc(C)c1.Cc1c[c-]c(-c2ccc3ccccc3n2)cc1C.Cc1ccc(-c2ccnc(-c3[c-]cccc3)c2)c(C)c1.[Ir].[Ir].[Ir].[Ir]. The van der Waals surface area contributed by atoms with Crippen LogP contribution >= 0.6 is 0 Å². The molecular formula is C97H104Ir4N4O8-4. The molecule has 0 aliphatic rings. The molecule has 4 heterocycles. The maximum Gasteiger partial charge on any atom is 0.155 e.